The molecule has 1 N–H and O–H groups in total. The smallest absolute Gasteiger partial charge is 0.254 e. The number of carbonyl (C=O) groups is 2. The molecule has 0 aromatic heterocycles. The van der Waals surface area contributed by atoms with Gasteiger partial charge in [-0.1, -0.05) is 37.6 Å². The predicted octanol–water partition coefficient (Wildman–Crippen LogP) is 2.77. The summed E-state index contributed by atoms with van der Waals surface area (Å²) in [5.74, 6) is -1.90. The van der Waals surface area contributed by atoms with Crippen molar-refractivity contribution >= 4 is 33.4 Å². The summed E-state index contributed by atoms with van der Waals surface area (Å²) in [6.07, 6.45) is 0. The van der Waals surface area contributed by atoms with E-state index in [0.717, 1.165) is 0 Å². The lowest BCUT2D eigenvalue weighted by molar-refractivity contribution is -0.135. The fourth-order valence-electron chi connectivity index (χ4n) is 3.48. The first-order valence-electron chi connectivity index (χ1n) is 10.2. The van der Waals surface area contributed by atoms with Gasteiger partial charge in [0, 0.05) is 31.2 Å². The lowest BCUT2D eigenvalue weighted by atomic mass is 10.0. The molecule has 1 aliphatic heterocycles. The Morgan fingerprint density at radius 2 is 1.59 bits per heavy atom. The third kappa shape index (κ3) is 5.28. The van der Waals surface area contributed by atoms with Crippen LogP contribution >= 0.6 is 11.6 Å². The van der Waals surface area contributed by atoms with Gasteiger partial charge in [0.2, 0.25) is 15.9 Å². The summed E-state index contributed by atoms with van der Waals surface area (Å²) in [6, 6.07) is 10.6. The van der Waals surface area contributed by atoms with Crippen molar-refractivity contribution in [1.82, 2.24) is 14.5 Å². The Kier molecular flexibility index (Phi) is 7.53. The molecule has 3 rings (SSSR count). The van der Waals surface area contributed by atoms with Crippen molar-refractivity contribution in [3.8, 4) is 0 Å². The second-order valence-electron chi connectivity index (χ2n) is 7.86. The minimum Gasteiger partial charge on any atom is -0.340 e. The van der Waals surface area contributed by atoms with Crippen molar-refractivity contribution in [3.05, 3.63) is 64.9 Å². The fourth-order valence-corrected chi connectivity index (χ4v) is 5.03. The van der Waals surface area contributed by atoms with Crippen molar-refractivity contribution < 1.29 is 22.4 Å². The molecule has 32 heavy (non-hydrogen) atoms. The van der Waals surface area contributed by atoms with Gasteiger partial charge < -0.3 is 10.2 Å². The molecule has 2 aromatic rings. The molecule has 1 fully saturated rings. The Hall–Kier alpha value is -2.49. The zero-order valence-electron chi connectivity index (χ0n) is 17.8. The summed E-state index contributed by atoms with van der Waals surface area (Å²) in [6.45, 7) is 4.19. The molecule has 0 spiro atoms. The van der Waals surface area contributed by atoms with Crippen LogP contribution in [0.2, 0.25) is 5.02 Å². The predicted molar refractivity (Wildman–Crippen MR) is 119 cm³/mol. The van der Waals surface area contributed by atoms with Gasteiger partial charge in [0.05, 0.1) is 10.5 Å². The highest BCUT2D eigenvalue weighted by Crippen LogP contribution is 2.20. The lowest BCUT2D eigenvalue weighted by Gasteiger charge is -2.36. The van der Waals surface area contributed by atoms with Gasteiger partial charge in [-0.3, -0.25) is 9.59 Å². The summed E-state index contributed by atoms with van der Waals surface area (Å²) in [7, 11) is -3.70. The average Bonchev–Trinajstić information content (AvgIpc) is 2.77. The molecule has 10 heteroatoms. The fraction of sp³-hybridized carbons (Fsp3) is 0.364. The van der Waals surface area contributed by atoms with Crippen LogP contribution in [-0.2, 0) is 14.8 Å². The molecule has 2 aromatic carbocycles. The Labute approximate surface area is 192 Å². The molecule has 1 aliphatic rings. The molecule has 2 amide bonds. The summed E-state index contributed by atoms with van der Waals surface area (Å²) in [4.78, 5) is 27.3. The largest absolute Gasteiger partial charge is 0.340 e. The number of sulfonamides is 1. The Morgan fingerprint density at radius 1 is 1.00 bits per heavy atom. The van der Waals surface area contributed by atoms with Gasteiger partial charge in [-0.05, 0) is 42.3 Å². The molecule has 0 saturated carbocycles. The number of nitrogens with one attached hydrogen (secondary N) is 1. The van der Waals surface area contributed by atoms with Crippen molar-refractivity contribution in [2.24, 2.45) is 5.92 Å². The number of halogens is 2. The minimum atomic E-state index is -3.70. The molecule has 0 bridgehead atoms. The van der Waals surface area contributed by atoms with Gasteiger partial charge in [0.15, 0.2) is 0 Å². The van der Waals surface area contributed by atoms with Gasteiger partial charge in [-0.2, -0.15) is 4.31 Å². The maximum Gasteiger partial charge on any atom is 0.254 e. The summed E-state index contributed by atoms with van der Waals surface area (Å²) < 4.78 is 40.9. The maximum absolute atomic E-state index is 13.9. The lowest BCUT2D eigenvalue weighted by Crippen LogP contribution is -2.57. The Morgan fingerprint density at radius 3 is 2.16 bits per heavy atom. The molecule has 172 valence electrons. The van der Waals surface area contributed by atoms with Crippen molar-refractivity contribution in [1.29, 1.82) is 0 Å². The van der Waals surface area contributed by atoms with Crippen molar-refractivity contribution in [2.45, 2.75) is 24.8 Å². The standard InChI is InChI=1S/C22H25ClFN3O4S/c1-15(2)20(25-21(28)18-5-3-4-6-19(18)24)22(29)26-11-13-27(14-12-26)32(30,31)17-9-7-16(23)8-10-17/h3-10,15,20H,11-14H2,1-2H3,(H,25,28)/t20-/m0/s1. The molecule has 0 unspecified atom stereocenters. The van der Waals surface area contributed by atoms with Crippen LogP contribution in [-0.4, -0.2) is 61.7 Å². The highest BCUT2D eigenvalue weighted by atomic mass is 35.5. The van der Waals surface area contributed by atoms with Crippen molar-refractivity contribution in [2.75, 3.05) is 26.2 Å². The highest BCUT2D eigenvalue weighted by Gasteiger charge is 2.34. The quantitative estimate of drug-likeness (QED) is 0.687. The minimum absolute atomic E-state index is 0.128. The van der Waals surface area contributed by atoms with E-state index in [9.17, 15) is 22.4 Å². The van der Waals surface area contributed by atoms with E-state index in [2.05, 4.69) is 5.32 Å². The van der Waals surface area contributed by atoms with Crippen molar-refractivity contribution in [3.63, 3.8) is 0 Å². The number of nitrogens with zero attached hydrogens (tertiary/aromatic N) is 2. The first kappa shape index (κ1) is 24.2. The number of carbonyl (C=O) groups excluding carboxylic acids is 2. The SMILES string of the molecule is CC(C)[C@H](NC(=O)c1ccccc1F)C(=O)N1CCN(S(=O)(=O)c2ccc(Cl)cc2)CC1. The molecule has 0 aliphatic carbocycles. The average molecular weight is 482 g/mol. The first-order chi connectivity index (χ1) is 15.1. The second-order valence-corrected chi connectivity index (χ2v) is 10.2. The zero-order chi connectivity index (χ0) is 23.5. The molecule has 7 nitrogen and oxygen atoms in total. The van der Waals surface area contributed by atoms with Gasteiger partial charge in [0.25, 0.3) is 5.91 Å². The molecular weight excluding hydrogens is 457 g/mol. The summed E-state index contributed by atoms with van der Waals surface area (Å²) in [5.41, 5.74) is -0.134. The number of amides is 2. The van der Waals surface area contributed by atoms with Gasteiger partial charge in [0.1, 0.15) is 11.9 Å². The van der Waals surface area contributed by atoms with Crippen LogP contribution in [0.25, 0.3) is 0 Å². The van der Waals surface area contributed by atoms with Crippen LogP contribution in [0.3, 0.4) is 0 Å². The Balaban J connectivity index is 1.66. The van der Waals surface area contributed by atoms with Gasteiger partial charge in [-0.25, -0.2) is 12.8 Å². The molecule has 0 radical (unpaired) electrons. The number of hydrogen-bond donors (Lipinski definition) is 1. The van der Waals surface area contributed by atoms with E-state index in [1.807, 2.05) is 0 Å². The molecule has 1 saturated heterocycles. The molecule has 1 heterocycles. The van der Waals surface area contributed by atoms with Gasteiger partial charge >= 0.3 is 0 Å². The number of piperazine rings is 1. The number of rotatable bonds is 6. The number of benzene rings is 2. The maximum atomic E-state index is 13.9. The zero-order valence-corrected chi connectivity index (χ0v) is 19.4. The van der Waals surface area contributed by atoms with Crippen LogP contribution in [0, 0.1) is 11.7 Å². The third-order valence-electron chi connectivity index (χ3n) is 5.34. The van der Waals surface area contributed by atoms with E-state index in [0.29, 0.717) is 5.02 Å². The third-order valence-corrected chi connectivity index (χ3v) is 7.50. The molecule has 1 atom stereocenters. The summed E-state index contributed by atoms with van der Waals surface area (Å²) in [5, 5.41) is 3.07. The molecular formula is C22H25ClFN3O4S. The highest BCUT2D eigenvalue weighted by molar-refractivity contribution is 7.89. The van der Waals surface area contributed by atoms with E-state index < -0.39 is 27.8 Å². The monoisotopic (exact) mass is 481 g/mol. The van der Waals surface area contributed by atoms with Gasteiger partial charge in [-0.15, -0.1) is 0 Å². The van der Waals surface area contributed by atoms with E-state index in [-0.39, 0.29) is 48.5 Å². The second kappa shape index (κ2) is 9.97. The topological polar surface area (TPSA) is 86.8 Å². The van der Waals surface area contributed by atoms with E-state index in [1.54, 1.807) is 19.9 Å². The first-order valence-corrected chi connectivity index (χ1v) is 12.0. The van der Waals surface area contributed by atoms with Crippen LogP contribution in [0.1, 0.15) is 24.2 Å². The van der Waals surface area contributed by atoms with E-state index in [1.165, 1.54) is 51.7 Å². The van der Waals surface area contributed by atoms with Crippen LogP contribution in [0.15, 0.2) is 53.4 Å². The Bertz CT molecular complexity index is 1080. The summed E-state index contributed by atoms with van der Waals surface area (Å²) >= 11 is 5.84. The van der Waals surface area contributed by atoms with Crippen LogP contribution in [0.4, 0.5) is 4.39 Å². The van der Waals surface area contributed by atoms with E-state index >= 15 is 0 Å². The van der Waals surface area contributed by atoms with E-state index in [4.69, 9.17) is 11.6 Å². The normalized spacial score (nSPS) is 16.1. The van der Waals surface area contributed by atoms with Crippen LogP contribution < -0.4 is 5.32 Å². The number of hydrogen-bond acceptors (Lipinski definition) is 4. The van der Waals surface area contributed by atoms with Crippen LogP contribution in [0.5, 0.6) is 0 Å².